The number of alkyl halides is 2. The summed E-state index contributed by atoms with van der Waals surface area (Å²) in [6.45, 7) is 0.795. The van der Waals surface area contributed by atoms with Gasteiger partial charge in [0.05, 0.1) is 5.25 Å². The molecule has 1 atom stereocenters. The SMILES string of the molecule is CCNC(=O)NC(=O)[C@@H](C)Sc1nnc(-c2ccc(OC(F)F)cc2)n1N. The first-order valence-electron chi connectivity index (χ1n) is 7.83. The Morgan fingerprint density at radius 2 is 1.96 bits per heavy atom. The third-order valence-corrected chi connectivity index (χ3v) is 4.28. The van der Waals surface area contributed by atoms with Gasteiger partial charge in [0.15, 0.2) is 5.82 Å². The van der Waals surface area contributed by atoms with Crippen LogP contribution in [0, 0.1) is 0 Å². The van der Waals surface area contributed by atoms with Crippen LogP contribution in [0.3, 0.4) is 0 Å². The van der Waals surface area contributed by atoms with Gasteiger partial charge < -0.3 is 15.9 Å². The molecule has 4 N–H and O–H groups in total. The Balaban J connectivity index is 2.06. The first-order valence-corrected chi connectivity index (χ1v) is 8.70. The lowest BCUT2D eigenvalue weighted by atomic mass is 10.2. The number of imide groups is 1. The number of hydrogen-bond donors (Lipinski definition) is 3. The van der Waals surface area contributed by atoms with Crippen LogP contribution < -0.4 is 21.2 Å². The highest BCUT2D eigenvalue weighted by Gasteiger charge is 2.21. The average Bonchev–Trinajstić information content (AvgIpc) is 2.96. The zero-order valence-corrected chi connectivity index (χ0v) is 15.3. The molecule has 0 fully saturated rings. The number of nitrogens with zero attached hydrogens (tertiary/aromatic N) is 3. The number of carbonyl (C=O) groups excluding carboxylic acids is 2. The normalized spacial score (nSPS) is 11.9. The molecule has 3 amide bonds. The van der Waals surface area contributed by atoms with E-state index in [9.17, 15) is 18.4 Å². The average molecular weight is 400 g/mol. The van der Waals surface area contributed by atoms with Crippen molar-refractivity contribution < 1.29 is 23.1 Å². The first kappa shape index (κ1) is 20.4. The number of urea groups is 1. The van der Waals surface area contributed by atoms with Crippen LogP contribution >= 0.6 is 11.8 Å². The van der Waals surface area contributed by atoms with Crippen molar-refractivity contribution in [3.63, 3.8) is 0 Å². The number of benzene rings is 1. The highest BCUT2D eigenvalue weighted by molar-refractivity contribution is 8.00. The van der Waals surface area contributed by atoms with Crippen molar-refractivity contribution in [3.8, 4) is 17.1 Å². The lowest BCUT2D eigenvalue weighted by Gasteiger charge is -2.11. The number of rotatable bonds is 7. The van der Waals surface area contributed by atoms with Crippen LogP contribution in [-0.2, 0) is 4.79 Å². The monoisotopic (exact) mass is 400 g/mol. The molecule has 0 saturated carbocycles. The van der Waals surface area contributed by atoms with Gasteiger partial charge in [0.1, 0.15) is 5.75 Å². The van der Waals surface area contributed by atoms with Crippen LogP contribution in [0.25, 0.3) is 11.4 Å². The minimum absolute atomic E-state index is 0.00193. The Hall–Kier alpha value is -2.89. The number of ether oxygens (including phenoxy) is 1. The third-order valence-electron chi connectivity index (χ3n) is 3.23. The number of thioether (sulfide) groups is 1. The zero-order valence-electron chi connectivity index (χ0n) is 14.5. The molecule has 1 aromatic heterocycles. The van der Waals surface area contributed by atoms with E-state index in [0.29, 0.717) is 12.1 Å². The molecule has 12 heteroatoms. The third kappa shape index (κ3) is 5.54. The molecule has 9 nitrogen and oxygen atoms in total. The molecular weight excluding hydrogens is 382 g/mol. The number of carbonyl (C=O) groups is 2. The standard InChI is InChI=1S/C15H18F2N6O3S/c1-3-19-14(25)20-12(24)8(2)27-15-22-21-11(23(15)18)9-4-6-10(7-5-9)26-13(16)17/h4-8,13H,3,18H2,1-2H3,(H2,19,20,24,25)/t8-/m1/s1. The predicted molar refractivity (Wildman–Crippen MR) is 94.8 cm³/mol. The van der Waals surface area contributed by atoms with Crippen LogP contribution in [0.1, 0.15) is 13.8 Å². The summed E-state index contributed by atoms with van der Waals surface area (Å²) >= 11 is 1.01. The topological polar surface area (TPSA) is 124 Å². The minimum Gasteiger partial charge on any atom is -0.435 e. The molecule has 0 saturated heterocycles. The van der Waals surface area contributed by atoms with Gasteiger partial charge in [-0.15, -0.1) is 10.2 Å². The van der Waals surface area contributed by atoms with Gasteiger partial charge in [0, 0.05) is 12.1 Å². The highest BCUT2D eigenvalue weighted by Crippen LogP contribution is 2.26. The van der Waals surface area contributed by atoms with Crippen molar-refractivity contribution in [2.45, 2.75) is 30.9 Å². The maximum atomic E-state index is 12.2. The fourth-order valence-corrected chi connectivity index (χ4v) is 2.74. The summed E-state index contributed by atoms with van der Waals surface area (Å²) < 4.78 is 29.8. The van der Waals surface area contributed by atoms with E-state index in [1.54, 1.807) is 13.8 Å². The zero-order chi connectivity index (χ0) is 20.0. The Kier molecular flexibility index (Phi) is 6.93. The van der Waals surface area contributed by atoms with Crippen molar-refractivity contribution in [3.05, 3.63) is 24.3 Å². The molecule has 1 aromatic carbocycles. The highest BCUT2D eigenvalue weighted by atomic mass is 32.2. The van der Waals surface area contributed by atoms with Gasteiger partial charge in [-0.1, -0.05) is 11.8 Å². The molecule has 146 valence electrons. The van der Waals surface area contributed by atoms with E-state index in [2.05, 4.69) is 25.6 Å². The van der Waals surface area contributed by atoms with Gasteiger partial charge >= 0.3 is 12.6 Å². The number of aromatic nitrogens is 3. The van der Waals surface area contributed by atoms with E-state index in [-0.39, 0.29) is 16.7 Å². The molecule has 2 rings (SSSR count). The fraction of sp³-hybridized carbons (Fsp3) is 0.333. The quantitative estimate of drug-likeness (QED) is 0.476. The van der Waals surface area contributed by atoms with E-state index in [4.69, 9.17) is 5.84 Å². The first-order chi connectivity index (χ1) is 12.8. The lowest BCUT2D eigenvalue weighted by molar-refractivity contribution is -0.119. The van der Waals surface area contributed by atoms with Crippen molar-refractivity contribution in [2.75, 3.05) is 12.4 Å². The molecule has 0 spiro atoms. The van der Waals surface area contributed by atoms with Gasteiger partial charge in [-0.05, 0) is 38.1 Å². The molecule has 0 unspecified atom stereocenters. The number of nitrogens with one attached hydrogen (secondary N) is 2. The number of amides is 3. The molecule has 0 aliphatic carbocycles. The summed E-state index contributed by atoms with van der Waals surface area (Å²) in [4.78, 5) is 23.4. The minimum atomic E-state index is -2.91. The second-order valence-corrected chi connectivity index (χ2v) is 6.50. The fourth-order valence-electron chi connectivity index (χ4n) is 1.97. The van der Waals surface area contributed by atoms with Crippen LogP contribution in [0.4, 0.5) is 13.6 Å². The molecule has 1 heterocycles. The molecule has 27 heavy (non-hydrogen) atoms. The van der Waals surface area contributed by atoms with E-state index < -0.39 is 23.8 Å². The van der Waals surface area contributed by atoms with Crippen molar-refractivity contribution >= 4 is 23.7 Å². The Morgan fingerprint density at radius 3 is 2.56 bits per heavy atom. The number of nitrogens with two attached hydrogens (primary N) is 1. The number of halogens is 2. The Labute approximate surface area is 157 Å². The van der Waals surface area contributed by atoms with E-state index in [0.717, 1.165) is 11.8 Å². The van der Waals surface area contributed by atoms with Crippen molar-refractivity contribution in [2.24, 2.45) is 0 Å². The summed E-state index contributed by atoms with van der Waals surface area (Å²) in [6.07, 6.45) is 0. The van der Waals surface area contributed by atoms with Gasteiger partial charge in [-0.25, -0.2) is 9.47 Å². The van der Waals surface area contributed by atoms with Gasteiger partial charge in [-0.3, -0.25) is 10.1 Å². The van der Waals surface area contributed by atoms with Crippen LogP contribution in [-0.4, -0.2) is 45.2 Å². The van der Waals surface area contributed by atoms with Crippen LogP contribution in [0.2, 0.25) is 0 Å². The van der Waals surface area contributed by atoms with Crippen LogP contribution in [0.15, 0.2) is 29.4 Å². The second-order valence-electron chi connectivity index (χ2n) is 5.19. The van der Waals surface area contributed by atoms with Gasteiger partial charge in [-0.2, -0.15) is 8.78 Å². The molecule has 0 bridgehead atoms. The molecule has 0 aliphatic rings. The summed E-state index contributed by atoms with van der Waals surface area (Å²) in [5, 5.41) is 12.1. The number of hydrogen-bond acceptors (Lipinski definition) is 7. The number of nitrogen functional groups attached to an aromatic ring is 1. The second kappa shape index (κ2) is 9.16. The molecular formula is C15H18F2N6O3S. The maximum absolute atomic E-state index is 12.2. The Morgan fingerprint density at radius 1 is 1.30 bits per heavy atom. The van der Waals surface area contributed by atoms with Crippen molar-refractivity contribution in [1.29, 1.82) is 0 Å². The summed E-state index contributed by atoms with van der Waals surface area (Å²) in [5.74, 6) is 5.73. The molecule has 2 aromatic rings. The maximum Gasteiger partial charge on any atom is 0.387 e. The summed E-state index contributed by atoms with van der Waals surface area (Å²) in [6, 6.07) is 5.13. The smallest absolute Gasteiger partial charge is 0.387 e. The summed E-state index contributed by atoms with van der Waals surface area (Å²) in [7, 11) is 0. The lowest BCUT2D eigenvalue weighted by Crippen LogP contribution is -2.42. The Bertz CT molecular complexity index is 799. The van der Waals surface area contributed by atoms with E-state index in [1.807, 2.05) is 0 Å². The van der Waals surface area contributed by atoms with Gasteiger partial charge in [0.25, 0.3) is 0 Å². The molecule has 0 aliphatic heterocycles. The predicted octanol–water partition coefficient (Wildman–Crippen LogP) is 1.59. The van der Waals surface area contributed by atoms with E-state index in [1.165, 1.54) is 28.9 Å². The molecule has 0 radical (unpaired) electrons. The van der Waals surface area contributed by atoms with Crippen LogP contribution in [0.5, 0.6) is 5.75 Å². The largest absolute Gasteiger partial charge is 0.435 e. The van der Waals surface area contributed by atoms with Gasteiger partial charge in [0.2, 0.25) is 11.1 Å². The summed E-state index contributed by atoms with van der Waals surface area (Å²) in [5.41, 5.74) is 0.526. The van der Waals surface area contributed by atoms with Crippen molar-refractivity contribution in [1.82, 2.24) is 25.5 Å². The van der Waals surface area contributed by atoms with E-state index >= 15 is 0 Å².